The summed E-state index contributed by atoms with van der Waals surface area (Å²) in [6, 6.07) is 8.15. The fraction of sp³-hybridized carbons (Fsp3) is 0.400. The predicted molar refractivity (Wildman–Crippen MR) is 86.6 cm³/mol. The van der Waals surface area contributed by atoms with Gasteiger partial charge in [-0.15, -0.1) is 11.3 Å². The molecule has 2 aromatic heterocycles. The third-order valence-corrected chi connectivity index (χ3v) is 5.36. The molecule has 4 nitrogen and oxygen atoms in total. The van der Waals surface area contributed by atoms with Crippen LogP contribution in [0.4, 0.5) is 0 Å². The van der Waals surface area contributed by atoms with Crippen LogP contribution >= 0.6 is 27.3 Å². The average Bonchev–Trinajstić information content (AvgIpc) is 3.17. The highest BCUT2D eigenvalue weighted by molar-refractivity contribution is 9.10. The van der Waals surface area contributed by atoms with Crippen molar-refractivity contribution < 1.29 is 9.21 Å². The number of carbonyl (C=O) groups is 1. The first-order chi connectivity index (χ1) is 10.1. The van der Waals surface area contributed by atoms with E-state index in [2.05, 4.69) is 45.3 Å². The standard InChI is InChI=1S/C15H17BrN2O2S/c1-11(13-3-2-10-21-13)17-6-8-18(9-7-17)15(19)12-4-5-14(16)20-12/h2-5,10-11H,6-9H2,1H3. The lowest BCUT2D eigenvalue weighted by atomic mass is 10.2. The minimum Gasteiger partial charge on any atom is -0.444 e. The fourth-order valence-electron chi connectivity index (χ4n) is 2.61. The molecule has 0 bridgehead atoms. The summed E-state index contributed by atoms with van der Waals surface area (Å²) in [4.78, 5) is 18.0. The molecular weight excluding hydrogens is 352 g/mol. The molecule has 3 rings (SSSR count). The van der Waals surface area contributed by atoms with Gasteiger partial charge in [-0.2, -0.15) is 0 Å². The topological polar surface area (TPSA) is 36.7 Å². The monoisotopic (exact) mass is 368 g/mol. The van der Waals surface area contributed by atoms with E-state index in [9.17, 15) is 4.79 Å². The molecule has 1 aliphatic rings. The van der Waals surface area contributed by atoms with Crippen LogP contribution in [0.25, 0.3) is 0 Å². The molecule has 112 valence electrons. The van der Waals surface area contributed by atoms with Crippen molar-refractivity contribution in [2.24, 2.45) is 0 Å². The first-order valence-electron chi connectivity index (χ1n) is 6.97. The van der Waals surface area contributed by atoms with Gasteiger partial charge >= 0.3 is 0 Å². The van der Waals surface area contributed by atoms with Crippen LogP contribution in [0.5, 0.6) is 0 Å². The molecule has 6 heteroatoms. The summed E-state index contributed by atoms with van der Waals surface area (Å²) in [6.07, 6.45) is 0. The van der Waals surface area contributed by atoms with Gasteiger partial charge in [0, 0.05) is 37.1 Å². The second-order valence-electron chi connectivity index (χ2n) is 5.12. The molecule has 0 aliphatic carbocycles. The Morgan fingerprint density at radius 3 is 2.62 bits per heavy atom. The molecule has 1 atom stereocenters. The summed E-state index contributed by atoms with van der Waals surface area (Å²) in [5.74, 6) is 0.380. The first-order valence-corrected chi connectivity index (χ1v) is 8.64. The van der Waals surface area contributed by atoms with E-state index in [1.165, 1.54) is 4.88 Å². The van der Waals surface area contributed by atoms with Gasteiger partial charge in [0.25, 0.3) is 5.91 Å². The molecule has 0 saturated carbocycles. The summed E-state index contributed by atoms with van der Waals surface area (Å²) in [5, 5.41) is 2.11. The Bertz CT molecular complexity index is 603. The van der Waals surface area contributed by atoms with E-state index in [0.29, 0.717) is 16.5 Å². The Hall–Kier alpha value is -1.11. The van der Waals surface area contributed by atoms with Crippen LogP contribution < -0.4 is 0 Å². The van der Waals surface area contributed by atoms with Crippen LogP contribution in [0.15, 0.2) is 38.7 Å². The molecular formula is C15H17BrN2O2S. The number of piperazine rings is 1. The predicted octanol–water partition coefficient (Wildman–Crippen LogP) is 3.62. The van der Waals surface area contributed by atoms with Gasteiger partial charge in [-0.25, -0.2) is 0 Å². The molecule has 1 amide bonds. The molecule has 1 fully saturated rings. The van der Waals surface area contributed by atoms with Crippen molar-refractivity contribution in [2.45, 2.75) is 13.0 Å². The molecule has 0 radical (unpaired) electrons. The molecule has 1 unspecified atom stereocenters. The van der Waals surface area contributed by atoms with E-state index in [4.69, 9.17) is 4.42 Å². The molecule has 0 N–H and O–H groups in total. The number of carbonyl (C=O) groups excluding carboxylic acids is 1. The van der Waals surface area contributed by atoms with Gasteiger partial charge in [0.2, 0.25) is 0 Å². The van der Waals surface area contributed by atoms with E-state index < -0.39 is 0 Å². The van der Waals surface area contributed by atoms with E-state index in [1.807, 2.05) is 4.90 Å². The lowest BCUT2D eigenvalue weighted by Crippen LogP contribution is -2.49. The number of thiophene rings is 1. The third-order valence-electron chi connectivity index (χ3n) is 3.89. The molecule has 2 aromatic rings. The maximum Gasteiger partial charge on any atom is 0.289 e. The number of hydrogen-bond acceptors (Lipinski definition) is 4. The van der Waals surface area contributed by atoms with E-state index in [-0.39, 0.29) is 5.91 Å². The van der Waals surface area contributed by atoms with E-state index in [1.54, 1.807) is 23.5 Å². The van der Waals surface area contributed by atoms with Gasteiger partial charge in [-0.05, 0) is 46.4 Å². The van der Waals surface area contributed by atoms with Crippen molar-refractivity contribution >= 4 is 33.2 Å². The Morgan fingerprint density at radius 2 is 2.05 bits per heavy atom. The van der Waals surface area contributed by atoms with Crippen LogP contribution in [0.2, 0.25) is 0 Å². The van der Waals surface area contributed by atoms with Crippen LogP contribution in [0.1, 0.15) is 28.4 Å². The zero-order valence-corrected chi connectivity index (χ0v) is 14.2. The number of nitrogens with zero attached hydrogens (tertiary/aromatic N) is 2. The Balaban J connectivity index is 1.59. The molecule has 21 heavy (non-hydrogen) atoms. The van der Waals surface area contributed by atoms with Crippen molar-refractivity contribution in [3.05, 3.63) is 45.0 Å². The Kier molecular flexibility index (Phi) is 4.47. The fourth-order valence-corrected chi connectivity index (χ4v) is 3.73. The van der Waals surface area contributed by atoms with Gasteiger partial charge < -0.3 is 9.32 Å². The van der Waals surface area contributed by atoms with Crippen molar-refractivity contribution in [1.82, 2.24) is 9.80 Å². The van der Waals surface area contributed by atoms with Crippen LogP contribution in [0, 0.1) is 0 Å². The van der Waals surface area contributed by atoms with Crippen molar-refractivity contribution in [3.8, 4) is 0 Å². The summed E-state index contributed by atoms with van der Waals surface area (Å²) >= 11 is 5.02. The largest absolute Gasteiger partial charge is 0.444 e. The number of amides is 1. The van der Waals surface area contributed by atoms with Crippen molar-refractivity contribution in [1.29, 1.82) is 0 Å². The van der Waals surface area contributed by atoms with Gasteiger partial charge in [-0.1, -0.05) is 6.07 Å². The molecule has 0 spiro atoms. The summed E-state index contributed by atoms with van der Waals surface area (Å²) in [7, 11) is 0. The van der Waals surface area contributed by atoms with E-state index >= 15 is 0 Å². The quantitative estimate of drug-likeness (QED) is 0.829. The molecule has 1 aliphatic heterocycles. The Labute approximate surface area is 136 Å². The SMILES string of the molecule is CC(c1cccs1)N1CCN(C(=O)c2ccc(Br)o2)CC1. The smallest absolute Gasteiger partial charge is 0.289 e. The minimum absolute atomic E-state index is 0.0240. The van der Waals surface area contributed by atoms with Crippen LogP contribution in [-0.2, 0) is 0 Å². The maximum absolute atomic E-state index is 12.3. The molecule has 1 saturated heterocycles. The maximum atomic E-state index is 12.3. The number of halogens is 1. The Morgan fingerprint density at radius 1 is 1.29 bits per heavy atom. The number of furan rings is 1. The van der Waals surface area contributed by atoms with Gasteiger partial charge in [-0.3, -0.25) is 9.69 Å². The summed E-state index contributed by atoms with van der Waals surface area (Å²) < 4.78 is 5.94. The van der Waals surface area contributed by atoms with Gasteiger partial charge in [0.15, 0.2) is 10.4 Å². The van der Waals surface area contributed by atoms with Crippen LogP contribution in [-0.4, -0.2) is 41.9 Å². The van der Waals surface area contributed by atoms with Crippen molar-refractivity contribution in [3.63, 3.8) is 0 Å². The van der Waals surface area contributed by atoms with Crippen molar-refractivity contribution in [2.75, 3.05) is 26.2 Å². The van der Waals surface area contributed by atoms with E-state index in [0.717, 1.165) is 26.2 Å². The molecule has 3 heterocycles. The second-order valence-corrected chi connectivity index (χ2v) is 6.88. The lowest BCUT2D eigenvalue weighted by molar-refractivity contribution is 0.0554. The highest BCUT2D eigenvalue weighted by Crippen LogP contribution is 2.26. The first kappa shape index (κ1) is 14.8. The lowest BCUT2D eigenvalue weighted by Gasteiger charge is -2.37. The highest BCUT2D eigenvalue weighted by atomic mass is 79.9. The third kappa shape index (κ3) is 3.22. The van der Waals surface area contributed by atoms with Crippen LogP contribution in [0.3, 0.4) is 0 Å². The second kappa shape index (κ2) is 6.34. The van der Waals surface area contributed by atoms with Gasteiger partial charge in [0.1, 0.15) is 0 Å². The minimum atomic E-state index is -0.0240. The summed E-state index contributed by atoms with van der Waals surface area (Å²) in [5.41, 5.74) is 0. The summed E-state index contributed by atoms with van der Waals surface area (Å²) in [6.45, 7) is 5.51. The number of hydrogen-bond donors (Lipinski definition) is 0. The van der Waals surface area contributed by atoms with Gasteiger partial charge in [0.05, 0.1) is 0 Å². The zero-order valence-electron chi connectivity index (χ0n) is 11.8. The average molecular weight is 369 g/mol. The zero-order chi connectivity index (χ0) is 14.8. The number of rotatable bonds is 3. The normalized spacial score (nSPS) is 17.9. The highest BCUT2D eigenvalue weighted by Gasteiger charge is 2.26. The molecule has 0 aromatic carbocycles.